The fourth-order valence-electron chi connectivity index (χ4n) is 3.42. The third-order valence-corrected chi connectivity index (χ3v) is 4.94. The largest absolute Gasteiger partial charge is 0.489 e. The Balaban J connectivity index is 1.53. The number of benzene rings is 1. The van der Waals surface area contributed by atoms with E-state index in [4.69, 9.17) is 9.84 Å². The Labute approximate surface area is 132 Å². The second kappa shape index (κ2) is 6.99. The van der Waals surface area contributed by atoms with E-state index in [1.54, 1.807) is 5.57 Å². The fourth-order valence-corrected chi connectivity index (χ4v) is 3.42. The Morgan fingerprint density at radius 1 is 1.14 bits per heavy atom. The number of hydrogen-bond acceptors (Lipinski definition) is 2. The van der Waals surface area contributed by atoms with Crippen molar-refractivity contribution in [2.24, 2.45) is 5.92 Å². The van der Waals surface area contributed by atoms with Gasteiger partial charge in [0.05, 0.1) is 0 Å². The smallest absolute Gasteiger partial charge is 0.303 e. The van der Waals surface area contributed by atoms with Gasteiger partial charge in [0.1, 0.15) is 12.4 Å². The number of carbonyl (C=O) groups is 1. The predicted octanol–water partition coefficient (Wildman–Crippen LogP) is 4.36. The number of carboxylic acid groups (broad SMARTS) is 1. The summed E-state index contributed by atoms with van der Waals surface area (Å²) in [5.74, 6) is 0.975. The first kappa shape index (κ1) is 15.1. The van der Waals surface area contributed by atoms with Crippen LogP contribution in [0.25, 0.3) is 0 Å². The lowest BCUT2D eigenvalue weighted by molar-refractivity contribution is -0.136. The molecule has 1 fully saturated rings. The van der Waals surface area contributed by atoms with Gasteiger partial charge in [0.15, 0.2) is 0 Å². The summed E-state index contributed by atoms with van der Waals surface area (Å²) in [5, 5.41) is 8.70. The highest BCUT2D eigenvalue weighted by atomic mass is 16.5. The number of aliphatic carboxylic acids is 1. The second-order valence-electron chi connectivity index (χ2n) is 6.44. The summed E-state index contributed by atoms with van der Waals surface area (Å²) in [4.78, 5) is 10.6. The minimum atomic E-state index is -0.753. The molecular weight excluding hydrogens is 276 g/mol. The first-order chi connectivity index (χ1) is 10.7. The lowest BCUT2D eigenvalue weighted by Crippen LogP contribution is -2.15. The first-order valence-corrected chi connectivity index (χ1v) is 8.36. The maximum atomic E-state index is 10.6. The summed E-state index contributed by atoms with van der Waals surface area (Å²) in [6.07, 6.45) is 8.65. The zero-order valence-corrected chi connectivity index (χ0v) is 13.0. The number of allylic oxidation sites excluding steroid dienone is 1. The van der Waals surface area contributed by atoms with Crippen LogP contribution < -0.4 is 4.74 Å². The Morgan fingerprint density at radius 3 is 2.55 bits per heavy atom. The molecule has 0 bridgehead atoms. The van der Waals surface area contributed by atoms with Gasteiger partial charge < -0.3 is 9.84 Å². The monoisotopic (exact) mass is 300 g/mol. The minimum absolute atomic E-state index is 0.178. The van der Waals surface area contributed by atoms with Crippen LogP contribution in [0, 0.1) is 5.92 Å². The van der Waals surface area contributed by atoms with Crippen molar-refractivity contribution < 1.29 is 14.6 Å². The van der Waals surface area contributed by atoms with Gasteiger partial charge in [0.25, 0.3) is 0 Å². The van der Waals surface area contributed by atoms with Crippen LogP contribution in [-0.4, -0.2) is 17.7 Å². The lowest BCUT2D eigenvalue weighted by Gasteiger charge is -2.28. The van der Waals surface area contributed by atoms with Crippen molar-refractivity contribution in [2.75, 3.05) is 6.61 Å². The van der Waals surface area contributed by atoms with E-state index in [0.29, 0.717) is 6.42 Å². The van der Waals surface area contributed by atoms with Crippen LogP contribution >= 0.6 is 0 Å². The molecule has 0 heterocycles. The van der Waals surface area contributed by atoms with Gasteiger partial charge in [-0.2, -0.15) is 0 Å². The van der Waals surface area contributed by atoms with Crippen molar-refractivity contribution in [3.8, 4) is 5.75 Å². The maximum absolute atomic E-state index is 10.6. The van der Waals surface area contributed by atoms with E-state index in [1.807, 2.05) is 24.3 Å². The van der Waals surface area contributed by atoms with E-state index in [-0.39, 0.29) is 6.42 Å². The lowest BCUT2D eigenvalue weighted by atomic mass is 9.78. The van der Waals surface area contributed by atoms with Crippen LogP contribution in [0.15, 0.2) is 35.4 Å². The van der Waals surface area contributed by atoms with Crippen LogP contribution in [0.1, 0.15) is 50.5 Å². The summed E-state index contributed by atoms with van der Waals surface area (Å²) in [7, 11) is 0. The molecule has 1 aromatic rings. The molecule has 3 nitrogen and oxygen atoms in total. The zero-order chi connectivity index (χ0) is 15.4. The van der Waals surface area contributed by atoms with Gasteiger partial charge >= 0.3 is 5.97 Å². The topological polar surface area (TPSA) is 46.5 Å². The van der Waals surface area contributed by atoms with Gasteiger partial charge in [0, 0.05) is 6.42 Å². The Bertz CT molecular complexity index is 553. The molecule has 118 valence electrons. The Morgan fingerprint density at radius 2 is 1.91 bits per heavy atom. The van der Waals surface area contributed by atoms with Crippen LogP contribution in [0.3, 0.4) is 0 Å². The van der Waals surface area contributed by atoms with E-state index in [1.165, 1.54) is 44.1 Å². The third kappa shape index (κ3) is 3.70. The molecule has 0 aliphatic heterocycles. The van der Waals surface area contributed by atoms with Crippen molar-refractivity contribution in [1.82, 2.24) is 0 Å². The summed E-state index contributed by atoms with van der Waals surface area (Å²) in [5.41, 5.74) is 4.26. The molecular formula is C19H24O3. The number of carboxylic acids is 1. The Kier molecular flexibility index (Phi) is 4.81. The molecule has 1 aromatic carbocycles. The molecule has 0 unspecified atom stereocenters. The Hall–Kier alpha value is -1.77. The molecule has 2 aliphatic carbocycles. The van der Waals surface area contributed by atoms with Crippen LogP contribution in [-0.2, 0) is 11.2 Å². The zero-order valence-electron chi connectivity index (χ0n) is 13.0. The van der Waals surface area contributed by atoms with E-state index in [9.17, 15) is 4.79 Å². The molecule has 0 spiro atoms. The van der Waals surface area contributed by atoms with Crippen molar-refractivity contribution in [2.45, 2.75) is 51.4 Å². The van der Waals surface area contributed by atoms with Gasteiger partial charge in [-0.15, -0.1) is 0 Å². The number of hydrogen-bond donors (Lipinski definition) is 1. The summed E-state index contributed by atoms with van der Waals surface area (Å²) in [6, 6.07) is 7.84. The summed E-state index contributed by atoms with van der Waals surface area (Å²) >= 11 is 0. The van der Waals surface area contributed by atoms with Gasteiger partial charge in [-0.25, -0.2) is 0 Å². The molecule has 0 atom stereocenters. The fraction of sp³-hybridized carbons (Fsp3) is 0.526. The maximum Gasteiger partial charge on any atom is 0.303 e. The van der Waals surface area contributed by atoms with Crippen LogP contribution in [0.5, 0.6) is 5.75 Å². The molecule has 3 heteroatoms. The van der Waals surface area contributed by atoms with E-state index in [2.05, 4.69) is 0 Å². The highest BCUT2D eigenvalue weighted by Gasteiger charge is 2.27. The molecule has 0 aromatic heterocycles. The average molecular weight is 300 g/mol. The first-order valence-electron chi connectivity index (χ1n) is 8.36. The minimum Gasteiger partial charge on any atom is -0.489 e. The van der Waals surface area contributed by atoms with E-state index in [0.717, 1.165) is 23.8 Å². The number of ether oxygens (including phenoxy) is 1. The van der Waals surface area contributed by atoms with Crippen molar-refractivity contribution in [3.05, 3.63) is 41.0 Å². The van der Waals surface area contributed by atoms with Crippen LogP contribution in [0.2, 0.25) is 0 Å². The second-order valence-corrected chi connectivity index (χ2v) is 6.44. The standard InChI is InChI=1S/C19H24O3/c20-19(21)12-9-14-7-10-17(11-8-14)22-13-16-5-2-6-18(16)15-3-1-4-15/h7-8,10-11,15H,1-6,9,12-13H2,(H,20,21). The highest BCUT2D eigenvalue weighted by Crippen LogP contribution is 2.41. The highest BCUT2D eigenvalue weighted by molar-refractivity contribution is 5.67. The summed E-state index contributed by atoms with van der Waals surface area (Å²) in [6.45, 7) is 0.723. The van der Waals surface area contributed by atoms with E-state index < -0.39 is 5.97 Å². The molecule has 1 saturated carbocycles. The quantitative estimate of drug-likeness (QED) is 0.761. The summed E-state index contributed by atoms with van der Waals surface area (Å²) < 4.78 is 5.95. The van der Waals surface area contributed by atoms with E-state index >= 15 is 0 Å². The molecule has 0 amide bonds. The van der Waals surface area contributed by atoms with Gasteiger partial charge in [-0.05, 0) is 67.7 Å². The molecule has 0 radical (unpaired) electrons. The van der Waals surface area contributed by atoms with Gasteiger partial charge in [0.2, 0.25) is 0 Å². The normalized spacial score (nSPS) is 18.4. The van der Waals surface area contributed by atoms with Gasteiger partial charge in [-0.1, -0.05) is 24.1 Å². The molecule has 22 heavy (non-hydrogen) atoms. The van der Waals surface area contributed by atoms with Crippen LogP contribution in [0.4, 0.5) is 0 Å². The number of aryl methyl sites for hydroxylation is 1. The number of rotatable bonds is 7. The van der Waals surface area contributed by atoms with Crippen molar-refractivity contribution >= 4 is 5.97 Å². The van der Waals surface area contributed by atoms with Crippen molar-refractivity contribution in [3.63, 3.8) is 0 Å². The molecule has 3 rings (SSSR count). The average Bonchev–Trinajstić information content (AvgIpc) is 2.90. The SMILES string of the molecule is O=C(O)CCc1ccc(OCC2=C(C3CCC3)CCC2)cc1. The van der Waals surface area contributed by atoms with Gasteiger partial charge in [-0.3, -0.25) is 4.79 Å². The predicted molar refractivity (Wildman–Crippen MR) is 86.1 cm³/mol. The molecule has 2 aliphatic rings. The molecule has 0 saturated heterocycles. The van der Waals surface area contributed by atoms with Crippen molar-refractivity contribution in [1.29, 1.82) is 0 Å². The molecule has 1 N–H and O–H groups in total. The third-order valence-electron chi connectivity index (χ3n) is 4.94.